The van der Waals surface area contributed by atoms with E-state index >= 15 is 0 Å². The van der Waals surface area contributed by atoms with Gasteiger partial charge in [0.1, 0.15) is 6.61 Å². The Morgan fingerprint density at radius 2 is 2.33 bits per heavy atom. The summed E-state index contributed by atoms with van der Waals surface area (Å²) in [5.41, 5.74) is 2.41. The normalized spacial score (nSPS) is 9.81. The van der Waals surface area contributed by atoms with Crippen LogP contribution in [-0.4, -0.2) is 27.4 Å². The minimum Gasteiger partial charge on any atom is -0.384 e. The van der Waals surface area contributed by atoms with Gasteiger partial charge in [0, 0.05) is 30.9 Å². The van der Waals surface area contributed by atoms with Crippen molar-refractivity contribution in [1.82, 2.24) is 9.78 Å². The lowest BCUT2D eigenvalue weighted by molar-refractivity contribution is -0.116. The number of hydrogen-bond acceptors (Lipinski definition) is 3. The molecule has 1 amide bonds. The molecule has 1 heterocycles. The van der Waals surface area contributed by atoms with Gasteiger partial charge in [-0.25, -0.2) is 0 Å². The van der Waals surface area contributed by atoms with Gasteiger partial charge < -0.3 is 10.4 Å². The molecule has 0 aliphatic heterocycles. The lowest BCUT2D eigenvalue weighted by Gasteiger charge is -2.08. The first-order valence-electron chi connectivity index (χ1n) is 6.66. The molecule has 0 aliphatic rings. The fraction of sp³-hybridized carbons (Fsp3) is 0.250. The second kappa shape index (κ2) is 7.27. The van der Waals surface area contributed by atoms with Crippen molar-refractivity contribution >= 4 is 11.6 Å². The van der Waals surface area contributed by atoms with Crippen LogP contribution in [0, 0.1) is 18.8 Å². The number of carbonyl (C=O) groups is 1. The summed E-state index contributed by atoms with van der Waals surface area (Å²) in [5, 5.41) is 15.7. The molecule has 21 heavy (non-hydrogen) atoms. The maximum absolute atomic E-state index is 12.0. The number of amides is 1. The number of aliphatic hydroxyl groups excluding tert-OH is 1. The molecule has 108 valence electrons. The van der Waals surface area contributed by atoms with Crippen molar-refractivity contribution in [3.63, 3.8) is 0 Å². The molecule has 2 N–H and O–H groups in total. The number of nitrogens with zero attached hydrogens (tertiary/aromatic N) is 2. The third-order valence-corrected chi connectivity index (χ3v) is 2.88. The Morgan fingerprint density at radius 3 is 3.05 bits per heavy atom. The Bertz CT molecular complexity index is 667. The summed E-state index contributed by atoms with van der Waals surface area (Å²) in [6, 6.07) is 7.43. The van der Waals surface area contributed by atoms with Gasteiger partial charge in [-0.05, 0) is 30.7 Å². The summed E-state index contributed by atoms with van der Waals surface area (Å²) in [6.07, 6.45) is 3.83. The van der Waals surface area contributed by atoms with Crippen molar-refractivity contribution in [3.8, 4) is 11.8 Å². The van der Waals surface area contributed by atoms with Crippen LogP contribution < -0.4 is 5.32 Å². The van der Waals surface area contributed by atoms with E-state index in [4.69, 9.17) is 5.11 Å². The lowest BCUT2D eigenvalue weighted by Crippen LogP contribution is -2.15. The van der Waals surface area contributed by atoms with E-state index < -0.39 is 0 Å². The largest absolute Gasteiger partial charge is 0.384 e. The van der Waals surface area contributed by atoms with Crippen LogP contribution in [0.5, 0.6) is 0 Å². The van der Waals surface area contributed by atoms with E-state index in [2.05, 4.69) is 22.3 Å². The number of benzene rings is 1. The highest BCUT2D eigenvalue weighted by Gasteiger charge is 2.06. The predicted molar refractivity (Wildman–Crippen MR) is 80.6 cm³/mol. The Hall–Kier alpha value is -2.58. The molecule has 5 nitrogen and oxygen atoms in total. The molecule has 0 saturated carbocycles. The average Bonchev–Trinajstić information content (AvgIpc) is 2.98. The molecule has 0 fully saturated rings. The molecule has 1 aromatic heterocycles. The van der Waals surface area contributed by atoms with Crippen molar-refractivity contribution < 1.29 is 9.90 Å². The first-order valence-corrected chi connectivity index (χ1v) is 6.66. The zero-order valence-corrected chi connectivity index (χ0v) is 11.8. The number of rotatable bonds is 4. The van der Waals surface area contributed by atoms with Crippen molar-refractivity contribution in [3.05, 3.63) is 47.8 Å². The predicted octanol–water partition coefficient (Wildman–Crippen LogP) is 1.56. The fourth-order valence-corrected chi connectivity index (χ4v) is 1.87. The third-order valence-electron chi connectivity index (χ3n) is 2.88. The lowest BCUT2D eigenvalue weighted by atomic mass is 10.1. The highest BCUT2D eigenvalue weighted by Crippen LogP contribution is 2.16. The van der Waals surface area contributed by atoms with E-state index in [1.165, 1.54) is 0 Å². The molecule has 0 unspecified atom stereocenters. The zero-order chi connectivity index (χ0) is 15.1. The summed E-state index contributed by atoms with van der Waals surface area (Å²) >= 11 is 0. The quantitative estimate of drug-likeness (QED) is 0.837. The average molecular weight is 283 g/mol. The standard InChI is InChI=1S/C16H17N3O2/c1-13-5-6-15(14(12-13)4-2-11-20)18-16(21)7-10-19-9-3-8-17-19/h3,5-6,8-9,12,20H,7,10-11H2,1H3,(H,18,21). The molecule has 0 saturated heterocycles. The van der Waals surface area contributed by atoms with Crippen molar-refractivity contribution in [2.75, 3.05) is 11.9 Å². The SMILES string of the molecule is Cc1ccc(NC(=O)CCn2cccn2)c(C#CCO)c1. The number of aryl methyl sites for hydroxylation is 2. The van der Waals surface area contributed by atoms with Gasteiger partial charge in [0.2, 0.25) is 5.91 Å². The number of anilines is 1. The van der Waals surface area contributed by atoms with Gasteiger partial charge in [-0.15, -0.1) is 0 Å². The zero-order valence-electron chi connectivity index (χ0n) is 11.8. The first kappa shape index (κ1) is 14.8. The molecule has 2 rings (SSSR count). The van der Waals surface area contributed by atoms with Gasteiger partial charge in [-0.2, -0.15) is 5.10 Å². The topological polar surface area (TPSA) is 67.2 Å². The van der Waals surface area contributed by atoms with Crippen molar-refractivity contribution in [2.45, 2.75) is 19.9 Å². The van der Waals surface area contributed by atoms with Gasteiger partial charge in [-0.1, -0.05) is 17.9 Å². The smallest absolute Gasteiger partial charge is 0.226 e. The van der Waals surface area contributed by atoms with Crippen molar-refractivity contribution in [2.24, 2.45) is 0 Å². The van der Waals surface area contributed by atoms with Crippen LogP contribution in [0.3, 0.4) is 0 Å². The summed E-state index contributed by atoms with van der Waals surface area (Å²) in [6.45, 7) is 2.27. The van der Waals surface area contributed by atoms with E-state index in [0.29, 0.717) is 24.2 Å². The van der Waals surface area contributed by atoms with Crippen LogP contribution in [-0.2, 0) is 11.3 Å². The van der Waals surface area contributed by atoms with E-state index in [1.54, 1.807) is 10.9 Å². The van der Waals surface area contributed by atoms with Crippen LogP contribution in [0.4, 0.5) is 5.69 Å². The summed E-state index contributed by atoms with van der Waals surface area (Å²) < 4.78 is 1.71. The molecule has 0 atom stereocenters. The van der Waals surface area contributed by atoms with E-state index in [1.807, 2.05) is 37.4 Å². The fourth-order valence-electron chi connectivity index (χ4n) is 1.87. The van der Waals surface area contributed by atoms with Crippen LogP contribution in [0.2, 0.25) is 0 Å². The summed E-state index contributed by atoms with van der Waals surface area (Å²) in [4.78, 5) is 12.0. The van der Waals surface area contributed by atoms with Crippen LogP contribution in [0.1, 0.15) is 17.5 Å². The molecule has 0 bridgehead atoms. The molecule has 0 aliphatic carbocycles. The molecular formula is C16H17N3O2. The molecule has 2 aromatic rings. The Labute approximate surface area is 123 Å². The van der Waals surface area contributed by atoms with E-state index in [9.17, 15) is 4.79 Å². The van der Waals surface area contributed by atoms with E-state index in [0.717, 1.165) is 5.56 Å². The molecule has 0 radical (unpaired) electrons. The number of aromatic nitrogens is 2. The monoisotopic (exact) mass is 283 g/mol. The minimum absolute atomic E-state index is 0.0959. The first-order chi connectivity index (χ1) is 10.2. The molecular weight excluding hydrogens is 266 g/mol. The molecule has 1 aromatic carbocycles. The number of nitrogens with one attached hydrogen (secondary N) is 1. The Morgan fingerprint density at radius 1 is 1.48 bits per heavy atom. The summed E-state index contributed by atoms with van der Waals surface area (Å²) in [5.74, 6) is 5.35. The van der Waals surface area contributed by atoms with Gasteiger partial charge in [0.25, 0.3) is 0 Å². The van der Waals surface area contributed by atoms with E-state index in [-0.39, 0.29) is 12.5 Å². The Kier molecular flexibility index (Phi) is 5.13. The van der Waals surface area contributed by atoms with Gasteiger partial charge in [0.05, 0.1) is 5.69 Å². The maximum Gasteiger partial charge on any atom is 0.226 e. The van der Waals surface area contributed by atoms with Crippen LogP contribution >= 0.6 is 0 Å². The van der Waals surface area contributed by atoms with Gasteiger partial charge in [0.15, 0.2) is 0 Å². The highest BCUT2D eigenvalue weighted by molar-refractivity contribution is 5.92. The second-order valence-corrected chi connectivity index (χ2v) is 4.58. The Balaban J connectivity index is 2.02. The van der Waals surface area contributed by atoms with Gasteiger partial charge >= 0.3 is 0 Å². The van der Waals surface area contributed by atoms with Crippen LogP contribution in [0.15, 0.2) is 36.7 Å². The molecule has 0 spiro atoms. The maximum atomic E-state index is 12.0. The van der Waals surface area contributed by atoms with Gasteiger partial charge in [-0.3, -0.25) is 9.48 Å². The molecule has 5 heteroatoms. The highest BCUT2D eigenvalue weighted by atomic mass is 16.2. The number of hydrogen-bond donors (Lipinski definition) is 2. The number of aliphatic hydroxyl groups is 1. The summed E-state index contributed by atoms with van der Waals surface area (Å²) in [7, 11) is 0. The van der Waals surface area contributed by atoms with Crippen molar-refractivity contribution in [1.29, 1.82) is 0 Å². The van der Waals surface area contributed by atoms with Crippen LogP contribution in [0.25, 0.3) is 0 Å². The second-order valence-electron chi connectivity index (χ2n) is 4.58. The minimum atomic E-state index is -0.208. The number of carbonyl (C=O) groups excluding carboxylic acids is 1. The third kappa shape index (κ3) is 4.48.